The van der Waals surface area contributed by atoms with E-state index in [9.17, 15) is 9.90 Å². The average molecular weight is 485 g/mol. The molecule has 172 valence electrons. The number of para-hydroxylation sites is 1. The topological polar surface area (TPSA) is 106 Å². The molecule has 36 heavy (non-hydrogen) atoms. The molecule has 9 heteroatoms. The number of hydrogen-bond donors (Lipinski definition) is 0. The fraction of sp³-hybridized carbons (Fsp3) is 0.0741. The first kappa shape index (κ1) is 25.2. The number of ether oxygens (including phenoxy) is 1. The number of carboxylic acids is 1. The maximum Gasteiger partial charge on any atom is 1.00 e. The summed E-state index contributed by atoms with van der Waals surface area (Å²) in [4.78, 5) is 17.2. The van der Waals surface area contributed by atoms with Crippen molar-refractivity contribution in [3.05, 3.63) is 101 Å². The van der Waals surface area contributed by atoms with E-state index in [1.54, 1.807) is 6.07 Å². The molecule has 0 aliphatic rings. The van der Waals surface area contributed by atoms with E-state index in [0.29, 0.717) is 11.6 Å². The van der Waals surface area contributed by atoms with Crippen molar-refractivity contribution in [3.8, 4) is 17.1 Å². The summed E-state index contributed by atoms with van der Waals surface area (Å²) in [5, 5.41) is 25.0. The molecule has 0 saturated heterocycles. The number of pyridine rings is 1. The molecule has 2 heterocycles. The van der Waals surface area contributed by atoms with E-state index in [1.807, 2.05) is 66.7 Å². The van der Waals surface area contributed by atoms with Gasteiger partial charge in [-0.15, -0.1) is 10.2 Å². The molecule has 0 unspecified atom stereocenters. The minimum absolute atomic E-state index is 0. The van der Waals surface area contributed by atoms with Crippen LogP contribution >= 0.6 is 0 Å². The number of benzene rings is 3. The molecule has 0 bridgehead atoms. The zero-order chi connectivity index (χ0) is 24.2. The van der Waals surface area contributed by atoms with E-state index in [0.717, 1.165) is 33.3 Å². The van der Waals surface area contributed by atoms with Gasteiger partial charge >= 0.3 is 29.6 Å². The monoisotopic (exact) mass is 485 g/mol. The second kappa shape index (κ2) is 11.3. The molecule has 0 N–H and O–H groups in total. The Bertz CT molecular complexity index is 1560. The number of tetrazole rings is 1. The van der Waals surface area contributed by atoms with E-state index < -0.39 is 5.97 Å². The van der Waals surface area contributed by atoms with E-state index in [4.69, 9.17) is 4.74 Å². The van der Waals surface area contributed by atoms with Crippen LogP contribution in [-0.2, 0) is 6.54 Å². The summed E-state index contributed by atoms with van der Waals surface area (Å²) in [6.45, 7) is 0.275. The molecule has 8 nitrogen and oxygen atoms in total. The standard InChI is InChI=1S/C27H21N5O3.Na/c1-35-25-16-21(27(33)34)10-11-22(25)17-32-30-26(29-31-32)20-7-4-5-18(15-20)9-13-23-14-12-19-6-2-3-8-24(19)28-23;/h2-16H,17H2,1H3,(H,33,34);/q;+1/p-1/b13-9+;. The van der Waals surface area contributed by atoms with Gasteiger partial charge in [0, 0.05) is 22.1 Å². The van der Waals surface area contributed by atoms with Crippen LogP contribution < -0.4 is 39.4 Å². The number of aromatic carboxylic acids is 1. The van der Waals surface area contributed by atoms with Gasteiger partial charge in [-0.25, -0.2) is 4.98 Å². The minimum atomic E-state index is -1.26. The van der Waals surface area contributed by atoms with Crippen LogP contribution in [0.1, 0.15) is 27.2 Å². The summed E-state index contributed by atoms with van der Waals surface area (Å²) < 4.78 is 5.31. The fourth-order valence-electron chi connectivity index (χ4n) is 3.72. The van der Waals surface area contributed by atoms with Crippen LogP contribution in [-0.4, -0.2) is 38.3 Å². The van der Waals surface area contributed by atoms with Gasteiger partial charge in [-0.05, 0) is 41.1 Å². The number of hydrogen-bond acceptors (Lipinski definition) is 7. The molecule has 0 saturated carbocycles. The van der Waals surface area contributed by atoms with Crippen LogP contribution in [0, 0.1) is 0 Å². The molecule has 5 rings (SSSR count). The Balaban J connectivity index is 0.00000304. The molecular formula is C27H20N5NaO3. The first-order valence-electron chi connectivity index (χ1n) is 10.9. The van der Waals surface area contributed by atoms with Gasteiger partial charge in [0.05, 0.1) is 30.8 Å². The average Bonchev–Trinajstić information content (AvgIpc) is 3.36. The molecular weight excluding hydrogens is 465 g/mol. The van der Waals surface area contributed by atoms with Crippen molar-refractivity contribution in [3.63, 3.8) is 0 Å². The smallest absolute Gasteiger partial charge is 0.545 e. The Morgan fingerprint density at radius 3 is 2.69 bits per heavy atom. The van der Waals surface area contributed by atoms with Crippen LogP contribution in [0.25, 0.3) is 34.4 Å². The van der Waals surface area contributed by atoms with E-state index >= 15 is 0 Å². The molecule has 0 aliphatic heterocycles. The van der Waals surface area contributed by atoms with Gasteiger partial charge in [0.1, 0.15) is 5.75 Å². The number of nitrogens with zero attached hydrogens (tertiary/aromatic N) is 5. The van der Waals surface area contributed by atoms with Gasteiger partial charge in [0.15, 0.2) is 0 Å². The van der Waals surface area contributed by atoms with Crippen molar-refractivity contribution in [2.45, 2.75) is 6.54 Å². The number of fused-ring (bicyclic) bond motifs is 1. The summed E-state index contributed by atoms with van der Waals surface area (Å²) >= 11 is 0. The Kier molecular flexibility index (Phi) is 7.90. The van der Waals surface area contributed by atoms with Crippen molar-refractivity contribution in [1.82, 2.24) is 25.2 Å². The number of methoxy groups -OCH3 is 1. The van der Waals surface area contributed by atoms with E-state index in [-0.39, 0.29) is 41.7 Å². The van der Waals surface area contributed by atoms with Gasteiger partial charge in [-0.3, -0.25) is 0 Å². The molecule has 0 spiro atoms. The summed E-state index contributed by atoms with van der Waals surface area (Å²) in [6, 6.07) is 24.4. The summed E-state index contributed by atoms with van der Waals surface area (Å²) in [7, 11) is 1.48. The van der Waals surface area contributed by atoms with Gasteiger partial charge < -0.3 is 14.6 Å². The summed E-state index contributed by atoms with van der Waals surface area (Å²) in [6.07, 6.45) is 3.97. The zero-order valence-corrected chi connectivity index (χ0v) is 21.8. The van der Waals surface area contributed by atoms with Crippen molar-refractivity contribution in [2.75, 3.05) is 7.11 Å². The fourth-order valence-corrected chi connectivity index (χ4v) is 3.72. The Morgan fingerprint density at radius 2 is 1.86 bits per heavy atom. The van der Waals surface area contributed by atoms with Gasteiger partial charge in [-0.1, -0.05) is 60.7 Å². The third-order valence-electron chi connectivity index (χ3n) is 5.50. The Morgan fingerprint density at radius 1 is 1.00 bits per heavy atom. The van der Waals surface area contributed by atoms with Crippen molar-refractivity contribution in [1.29, 1.82) is 0 Å². The molecule has 0 atom stereocenters. The number of aromatic nitrogens is 5. The quantitative estimate of drug-likeness (QED) is 0.309. The first-order valence-corrected chi connectivity index (χ1v) is 10.9. The second-order valence-electron chi connectivity index (χ2n) is 7.85. The zero-order valence-electron chi connectivity index (χ0n) is 19.8. The first-order chi connectivity index (χ1) is 17.1. The maximum absolute atomic E-state index is 11.1. The third-order valence-corrected chi connectivity index (χ3v) is 5.50. The molecule has 0 amide bonds. The SMILES string of the molecule is COc1cc(C(=O)[O-])ccc1Cn1nnc(-c2cccc(/C=C/c3ccc4ccccc4n3)c2)n1.[Na+]. The number of rotatable bonds is 7. The second-order valence-corrected chi connectivity index (χ2v) is 7.85. The number of carbonyl (C=O) groups is 1. The van der Waals surface area contributed by atoms with Crippen LogP contribution in [0.3, 0.4) is 0 Å². The Hall–Kier alpha value is -3.85. The predicted octanol–water partition coefficient (Wildman–Crippen LogP) is 0.483. The number of carbonyl (C=O) groups excluding carboxylic acids is 1. The van der Waals surface area contributed by atoms with Crippen molar-refractivity contribution >= 4 is 29.0 Å². The largest absolute Gasteiger partial charge is 1.00 e. The molecule has 3 aromatic carbocycles. The van der Waals surface area contributed by atoms with Crippen LogP contribution in [0.5, 0.6) is 5.75 Å². The van der Waals surface area contributed by atoms with Crippen molar-refractivity contribution in [2.24, 2.45) is 0 Å². The molecule has 2 aromatic heterocycles. The molecule has 5 aromatic rings. The third kappa shape index (κ3) is 5.68. The number of carboxylic acid groups (broad SMARTS) is 1. The van der Waals surface area contributed by atoms with Gasteiger partial charge in [0.2, 0.25) is 5.82 Å². The maximum atomic E-state index is 11.1. The molecule has 0 aliphatic carbocycles. The van der Waals surface area contributed by atoms with E-state index in [1.165, 1.54) is 24.0 Å². The normalized spacial score (nSPS) is 10.9. The van der Waals surface area contributed by atoms with E-state index in [2.05, 4.69) is 26.5 Å². The van der Waals surface area contributed by atoms with Crippen molar-refractivity contribution < 1.29 is 44.2 Å². The molecule has 0 fully saturated rings. The molecule has 0 radical (unpaired) electrons. The van der Waals surface area contributed by atoms with Crippen LogP contribution in [0.15, 0.2) is 78.9 Å². The van der Waals surface area contributed by atoms with Gasteiger partial charge in [0.25, 0.3) is 0 Å². The van der Waals surface area contributed by atoms with Gasteiger partial charge in [-0.2, -0.15) is 4.80 Å². The van der Waals surface area contributed by atoms with Crippen LogP contribution in [0.2, 0.25) is 0 Å². The predicted molar refractivity (Wildman–Crippen MR) is 130 cm³/mol. The minimum Gasteiger partial charge on any atom is -0.545 e. The van der Waals surface area contributed by atoms with Crippen LogP contribution in [0.4, 0.5) is 0 Å². The Labute approximate surface area is 229 Å². The summed E-state index contributed by atoms with van der Waals surface area (Å²) in [5.41, 5.74) is 4.40. The summed E-state index contributed by atoms with van der Waals surface area (Å²) in [5.74, 6) is -0.365.